The molecule has 0 amide bonds. The van der Waals surface area contributed by atoms with Crippen molar-refractivity contribution in [2.75, 3.05) is 41.7 Å². The summed E-state index contributed by atoms with van der Waals surface area (Å²) < 4.78 is 0. The lowest BCUT2D eigenvalue weighted by molar-refractivity contribution is -0.383. The summed E-state index contributed by atoms with van der Waals surface area (Å²) in [6, 6.07) is 0. The third-order valence-corrected chi connectivity index (χ3v) is 4.07. The van der Waals surface area contributed by atoms with Gasteiger partial charge in [-0.15, -0.1) is 0 Å². The number of hydrogen-bond donors (Lipinski definition) is 1. The van der Waals surface area contributed by atoms with Crippen molar-refractivity contribution in [2.45, 2.75) is 33.6 Å². The number of anilines is 3. The third-order valence-electron chi connectivity index (χ3n) is 4.07. The molecule has 122 valence electrons. The highest BCUT2D eigenvalue weighted by Crippen LogP contribution is 2.34. The smallest absolute Gasteiger partial charge is 0.353 e. The van der Waals surface area contributed by atoms with Crippen molar-refractivity contribution in [3.63, 3.8) is 0 Å². The fourth-order valence-corrected chi connectivity index (χ4v) is 2.87. The van der Waals surface area contributed by atoms with Crippen LogP contribution in [0.4, 0.5) is 23.3 Å². The van der Waals surface area contributed by atoms with E-state index in [2.05, 4.69) is 16.9 Å². The normalized spacial score (nSPS) is 18.3. The number of nitrogens with zero attached hydrogens (tertiary/aromatic N) is 5. The van der Waals surface area contributed by atoms with Crippen LogP contribution in [0.5, 0.6) is 0 Å². The molecule has 0 aromatic carbocycles. The number of aromatic nitrogens is 2. The molecule has 8 nitrogen and oxygen atoms in total. The van der Waals surface area contributed by atoms with E-state index in [0.29, 0.717) is 17.7 Å². The summed E-state index contributed by atoms with van der Waals surface area (Å²) in [5, 5.41) is 11.4. The monoisotopic (exact) mass is 308 g/mol. The number of hydrogen-bond acceptors (Lipinski definition) is 7. The molecule has 2 heterocycles. The molecule has 1 unspecified atom stereocenters. The van der Waals surface area contributed by atoms with Gasteiger partial charge >= 0.3 is 5.69 Å². The molecule has 0 radical (unpaired) electrons. The van der Waals surface area contributed by atoms with E-state index in [4.69, 9.17) is 5.73 Å². The van der Waals surface area contributed by atoms with Gasteiger partial charge in [0.1, 0.15) is 0 Å². The Hall–Kier alpha value is -2.12. The van der Waals surface area contributed by atoms with E-state index < -0.39 is 4.92 Å². The second kappa shape index (κ2) is 6.76. The zero-order valence-electron chi connectivity index (χ0n) is 13.4. The Labute approximate surface area is 130 Å². The molecule has 8 heteroatoms. The first-order valence-corrected chi connectivity index (χ1v) is 7.79. The molecule has 1 aromatic rings. The molecule has 22 heavy (non-hydrogen) atoms. The van der Waals surface area contributed by atoms with E-state index in [-0.39, 0.29) is 11.5 Å². The molecule has 1 fully saturated rings. The molecule has 0 spiro atoms. The number of rotatable bonds is 5. The van der Waals surface area contributed by atoms with Crippen molar-refractivity contribution in [3.05, 3.63) is 10.1 Å². The van der Waals surface area contributed by atoms with Gasteiger partial charge < -0.3 is 15.5 Å². The average molecular weight is 308 g/mol. The molecular formula is C14H24N6O2. The van der Waals surface area contributed by atoms with Crippen molar-refractivity contribution >= 4 is 23.3 Å². The van der Waals surface area contributed by atoms with Crippen LogP contribution in [0, 0.1) is 16.0 Å². The average Bonchev–Trinajstić information content (AvgIpc) is 2.47. The second-order valence-corrected chi connectivity index (χ2v) is 5.70. The van der Waals surface area contributed by atoms with E-state index in [0.717, 1.165) is 39.0 Å². The minimum absolute atomic E-state index is 0.0601. The zero-order valence-corrected chi connectivity index (χ0v) is 13.4. The van der Waals surface area contributed by atoms with Crippen LogP contribution in [0.2, 0.25) is 0 Å². The van der Waals surface area contributed by atoms with Crippen molar-refractivity contribution < 1.29 is 4.92 Å². The lowest BCUT2D eigenvalue weighted by atomic mass is 10.0. The Kier molecular flexibility index (Phi) is 4.99. The van der Waals surface area contributed by atoms with Gasteiger partial charge in [0.05, 0.1) is 4.92 Å². The van der Waals surface area contributed by atoms with Crippen LogP contribution in [-0.2, 0) is 0 Å². The minimum atomic E-state index is -0.476. The standard InChI is InChI=1S/C14H24N6O2/c1-4-18(5-2)14-16-12(15)11(20(21)22)13(17-14)19-8-6-7-10(3)9-19/h10H,4-9H2,1-3H3,(H2,15,16,17). The topological polar surface area (TPSA) is 101 Å². The highest BCUT2D eigenvalue weighted by Gasteiger charge is 2.30. The SMILES string of the molecule is CCN(CC)c1nc(N)c([N+](=O)[O-])c(N2CCCC(C)C2)n1. The fraction of sp³-hybridized carbons (Fsp3) is 0.714. The Balaban J connectivity index is 2.49. The van der Waals surface area contributed by atoms with E-state index >= 15 is 0 Å². The highest BCUT2D eigenvalue weighted by molar-refractivity contribution is 5.71. The van der Waals surface area contributed by atoms with Gasteiger partial charge in [0.15, 0.2) is 0 Å². The minimum Gasteiger partial charge on any atom is -0.378 e. The summed E-state index contributed by atoms with van der Waals surface area (Å²) in [5.41, 5.74) is 5.69. The van der Waals surface area contributed by atoms with Gasteiger partial charge in [0, 0.05) is 26.2 Å². The van der Waals surface area contributed by atoms with Gasteiger partial charge in [0.2, 0.25) is 17.6 Å². The van der Waals surface area contributed by atoms with E-state index in [1.54, 1.807) is 0 Å². The Morgan fingerprint density at radius 1 is 1.41 bits per heavy atom. The van der Waals surface area contributed by atoms with Crippen molar-refractivity contribution in [1.82, 2.24) is 9.97 Å². The predicted octanol–water partition coefficient (Wildman–Crippen LogP) is 2.05. The maximum Gasteiger partial charge on any atom is 0.353 e. The number of nitro groups is 1. The second-order valence-electron chi connectivity index (χ2n) is 5.70. The maximum atomic E-state index is 11.4. The van der Waals surface area contributed by atoms with Crippen LogP contribution in [0.15, 0.2) is 0 Å². The Morgan fingerprint density at radius 3 is 2.64 bits per heavy atom. The Morgan fingerprint density at radius 2 is 2.09 bits per heavy atom. The first-order valence-electron chi connectivity index (χ1n) is 7.79. The molecule has 1 saturated heterocycles. The molecule has 0 aliphatic carbocycles. The number of piperidine rings is 1. The summed E-state index contributed by atoms with van der Waals surface area (Å²) in [4.78, 5) is 23.4. The highest BCUT2D eigenvalue weighted by atomic mass is 16.6. The molecule has 1 aromatic heterocycles. The Bertz CT molecular complexity index is 546. The van der Waals surface area contributed by atoms with Crippen LogP contribution >= 0.6 is 0 Å². The quantitative estimate of drug-likeness (QED) is 0.656. The van der Waals surface area contributed by atoms with Gasteiger partial charge in [-0.2, -0.15) is 9.97 Å². The first-order chi connectivity index (χ1) is 10.5. The van der Waals surface area contributed by atoms with E-state index in [1.807, 2.05) is 23.6 Å². The van der Waals surface area contributed by atoms with Crippen LogP contribution in [-0.4, -0.2) is 41.1 Å². The molecule has 1 aliphatic rings. The third kappa shape index (κ3) is 3.20. The van der Waals surface area contributed by atoms with Gasteiger partial charge in [-0.05, 0) is 32.6 Å². The number of nitrogens with two attached hydrogens (primary N) is 1. The largest absolute Gasteiger partial charge is 0.378 e. The molecular weight excluding hydrogens is 284 g/mol. The first kappa shape index (κ1) is 16.3. The molecule has 1 aliphatic heterocycles. The van der Waals surface area contributed by atoms with Crippen LogP contribution in [0.1, 0.15) is 33.6 Å². The van der Waals surface area contributed by atoms with Crippen molar-refractivity contribution in [3.8, 4) is 0 Å². The van der Waals surface area contributed by atoms with Gasteiger partial charge in [-0.1, -0.05) is 6.92 Å². The van der Waals surface area contributed by atoms with E-state index in [1.165, 1.54) is 0 Å². The van der Waals surface area contributed by atoms with E-state index in [9.17, 15) is 10.1 Å². The molecule has 0 bridgehead atoms. The summed E-state index contributed by atoms with van der Waals surface area (Å²) in [5.74, 6) is 1.24. The molecule has 2 N–H and O–H groups in total. The zero-order chi connectivity index (χ0) is 16.3. The molecule has 0 saturated carbocycles. The maximum absolute atomic E-state index is 11.4. The number of nitrogen functional groups attached to an aromatic ring is 1. The molecule has 2 rings (SSSR count). The van der Waals surface area contributed by atoms with Gasteiger partial charge in [0.25, 0.3) is 0 Å². The lowest BCUT2D eigenvalue weighted by Gasteiger charge is -2.32. The summed E-state index contributed by atoms with van der Waals surface area (Å²) in [7, 11) is 0. The van der Waals surface area contributed by atoms with Crippen LogP contribution in [0.25, 0.3) is 0 Å². The van der Waals surface area contributed by atoms with Crippen molar-refractivity contribution in [1.29, 1.82) is 0 Å². The van der Waals surface area contributed by atoms with Gasteiger partial charge in [-0.25, -0.2) is 0 Å². The van der Waals surface area contributed by atoms with Crippen LogP contribution in [0.3, 0.4) is 0 Å². The summed E-state index contributed by atoms with van der Waals surface area (Å²) >= 11 is 0. The lowest BCUT2D eigenvalue weighted by Crippen LogP contribution is -2.36. The fourth-order valence-electron chi connectivity index (χ4n) is 2.87. The van der Waals surface area contributed by atoms with Crippen LogP contribution < -0.4 is 15.5 Å². The molecule has 1 atom stereocenters. The predicted molar refractivity (Wildman–Crippen MR) is 87.3 cm³/mol. The van der Waals surface area contributed by atoms with Gasteiger partial charge in [-0.3, -0.25) is 10.1 Å². The van der Waals surface area contributed by atoms with Crippen molar-refractivity contribution in [2.24, 2.45) is 5.92 Å². The summed E-state index contributed by atoms with van der Waals surface area (Å²) in [6.07, 6.45) is 2.14. The summed E-state index contributed by atoms with van der Waals surface area (Å²) in [6.45, 7) is 9.11.